The van der Waals surface area contributed by atoms with Crippen LogP contribution in [0, 0.1) is 5.92 Å². The Morgan fingerprint density at radius 1 is 1.35 bits per heavy atom. The van der Waals surface area contributed by atoms with Crippen LogP contribution < -0.4 is 5.32 Å². The number of hydrogen-bond acceptors (Lipinski definition) is 3. The van der Waals surface area contributed by atoms with E-state index in [1.165, 1.54) is 4.90 Å². The van der Waals surface area contributed by atoms with E-state index in [2.05, 4.69) is 5.32 Å². The summed E-state index contributed by atoms with van der Waals surface area (Å²) in [7, 11) is 1.58. The van der Waals surface area contributed by atoms with E-state index >= 15 is 0 Å². The maximum Gasteiger partial charge on any atom is 0.401 e. The number of methoxy groups -OCH3 is 1. The standard InChI is InChI=1S/C18H26F3N3O2/c1-26-10-9-24(13-15-5-3-2-4-6-15)17(25)22-11-16-7-8-23(12-16)14-18(19,20)21/h2-6,16H,7-14H2,1H3,(H,22,25). The second-order valence-electron chi connectivity index (χ2n) is 6.59. The Labute approximate surface area is 152 Å². The molecule has 1 heterocycles. The summed E-state index contributed by atoms with van der Waals surface area (Å²) >= 11 is 0. The number of nitrogens with zero attached hydrogens (tertiary/aromatic N) is 2. The largest absolute Gasteiger partial charge is 0.401 e. The highest BCUT2D eigenvalue weighted by molar-refractivity contribution is 5.74. The van der Waals surface area contributed by atoms with Gasteiger partial charge in [-0.15, -0.1) is 0 Å². The Balaban J connectivity index is 1.81. The normalized spacial score (nSPS) is 18.1. The van der Waals surface area contributed by atoms with Gasteiger partial charge in [0.1, 0.15) is 0 Å². The van der Waals surface area contributed by atoms with Gasteiger partial charge >= 0.3 is 12.2 Å². The minimum atomic E-state index is -4.18. The molecule has 8 heteroatoms. The molecule has 2 amide bonds. The first-order valence-electron chi connectivity index (χ1n) is 8.72. The van der Waals surface area contributed by atoms with Crippen molar-refractivity contribution in [3.05, 3.63) is 35.9 Å². The lowest BCUT2D eigenvalue weighted by Crippen LogP contribution is -2.43. The van der Waals surface area contributed by atoms with Crippen LogP contribution in [0.15, 0.2) is 30.3 Å². The molecule has 0 radical (unpaired) electrons. The SMILES string of the molecule is COCCN(Cc1ccccc1)C(=O)NCC1CCN(CC(F)(F)F)C1. The third kappa shape index (κ3) is 7.21. The van der Waals surface area contributed by atoms with Crippen molar-refractivity contribution in [2.24, 2.45) is 5.92 Å². The summed E-state index contributed by atoms with van der Waals surface area (Å²) in [6, 6.07) is 9.40. The first-order valence-corrected chi connectivity index (χ1v) is 8.72. The number of amides is 2. The second-order valence-corrected chi connectivity index (χ2v) is 6.59. The van der Waals surface area contributed by atoms with Gasteiger partial charge in [-0.1, -0.05) is 30.3 Å². The number of halogens is 3. The average Bonchev–Trinajstić information content (AvgIpc) is 3.02. The Hall–Kier alpha value is -1.80. The molecule has 1 N–H and O–H groups in total. The van der Waals surface area contributed by atoms with Gasteiger partial charge in [0, 0.05) is 33.3 Å². The van der Waals surface area contributed by atoms with E-state index in [1.807, 2.05) is 30.3 Å². The predicted molar refractivity (Wildman–Crippen MR) is 92.7 cm³/mol. The first-order chi connectivity index (χ1) is 12.4. The van der Waals surface area contributed by atoms with Crippen molar-refractivity contribution in [1.29, 1.82) is 0 Å². The molecular weight excluding hydrogens is 347 g/mol. The van der Waals surface area contributed by atoms with E-state index in [1.54, 1.807) is 12.0 Å². The van der Waals surface area contributed by atoms with Gasteiger partial charge in [0.15, 0.2) is 0 Å². The van der Waals surface area contributed by atoms with Crippen LogP contribution in [-0.2, 0) is 11.3 Å². The number of urea groups is 1. The Morgan fingerprint density at radius 3 is 2.73 bits per heavy atom. The Morgan fingerprint density at radius 2 is 2.08 bits per heavy atom. The molecule has 1 aromatic rings. The first kappa shape index (κ1) is 20.5. The Bertz CT molecular complexity index is 554. The number of hydrogen-bond donors (Lipinski definition) is 1. The van der Waals surface area contributed by atoms with Crippen LogP contribution in [0.2, 0.25) is 0 Å². The van der Waals surface area contributed by atoms with E-state index < -0.39 is 12.7 Å². The summed E-state index contributed by atoms with van der Waals surface area (Å²) in [5, 5.41) is 2.86. The van der Waals surface area contributed by atoms with E-state index in [-0.39, 0.29) is 11.9 Å². The van der Waals surface area contributed by atoms with Gasteiger partial charge < -0.3 is 15.0 Å². The van der Waals surface area contributed by atoms with E-state index in [0.29, 0.717) is 45.8 Å². The van der Waals surface area contributed by atoms with Crippen LogP contribution in [0.4, 0.5) is 18.0 Å². The van der Waals surface area contributed by atoms with Crippen LogP contribution in [0.1, 0.15) is 12.0 Å². The van der Waals surface area contributed by atoms with Gasteiger partial charge in [0.05, 0.1) is 13.2 Å². The van der Waals surface area contributed by atoms with Crippen molar-refractivity contribution < 1.29 is 22.7 Å². The van der Waals surface area contributed by atoms with Crippen molar-refractivity contribution in [2.45, 2.75) is 19.1 Å². The number of alkyl halides is 3. The quantitative estimate of drug-likeness (QED) is 0.762. The number of nitrogens with one attached hydrogen (secondary N) is 1. The fraction of sp³-hybridized carbons (Fsp3) is 0.611. The highest BCUT2D eigenvalue weighted by atomic mass is 19.4. The van der Waals surface area contributed by atoms with Crippen molar-refractivity contribution in [2.75, 3.05) is 46.4 Å². The highest BCUT2D eigenvalue weighted by Gasteiger charge is 2.34. The second kappa shape index (κ2) is 9.78. The summed E-state index contributed by atoms with van der Waals surface area (Å²) in [6.45, 7) is 1.59. The lowest BCUT2D eigenvalue weighted by Gasteiger charge is -2.24. The van der Waals surface area contributed by atoms with Crippen molar-refractivity contribution >= 4 is 6.03 Å². The third-order valence-corrected chi connectivity index (χ3v) is 4.38. The summed E-state index contributed by atoms with van der Waals surface area (Å²) in [4.78, 5) is 15.5. The molecule has 0 aromatic heterocycles. The van der Waals surface area contributed by atoms with E-state index in [0.717, 1.165) is 5.56 Å². The molecule has 0 saturated carbocycles. The summed E-state index contributed by atoms with van der Waals surface area (Å²) in [5.41, 5.74) is 1.01. The average molecular weight is 373 g/mol. The van der Waals surface area contributed by atoms with Gasteiger partial charge in [0.25, 0.3) is 0 Å². The molecule has 2 rings (SSSR count). The van der Waals surface area contributed by atoms with E-state index in [9.17, 15) is 18.0 Å². The van der Waals surface area contributed by atoms with Crippen LogP contribution in [0.3, 0.4) is 0 Å². The number of rotatable bonds is 8. The maximum atomic E-state index is 12.5. The van der Waals surface area contributed by atoms with Gasteiger partial charge in [-0.25, -0.2) is 4.79 Å². The molecule has 26 heavy (non-hydrogen) atoms. The van der Waals surface area contributed by atoms with Gasteiger partial charge in [0.2, 0.25) is 0 Å². The minimum absolute atomic E-state index is 0.0438. The van der Waals surface area contributed by atoms with Crippen molar-refractivity contribution in [1.82, 2.24) is 15.1 Å². The molecular formula is C18H26F3N3O2. The van der Waals surface area contributed by atoms with Crippen molar-refractivity contribution in [3.8, 4) is 0 Å². The van der Waals surface area contributed by atoms with Crippen LogP contribution in [0.25, 0.3) is 0 Å². The molecule has 1 aromatic carbocycles. The lowest BCUT2D eigenvalue weighted by atomic mass is 10.1. The minimum Gasteiger partial charge on any atom is -0.383 e. The molecule has 1 fully saturated rings. The number of benzene rings is 1. The molecule has 146 valence electrons. The van der Waals surface area contributed by atoms with Gasteiger partial charge in [-0.2, -0.15) is 13.2 Å². The molecule has 1 aliphatic rings. The zero-order valence-corrected chi connectivity index (χ0v) is 15.0. The zero-order chi connectivity index (χ0) is 19.0. The molecule has 1 unspecified atom stereocenters. The van der Waals surface area contributed by atoms with E-state index in [4.69, 9.17) is 4.74 Å². The molecule has 0 spiro atoms. The van der Waals surface area contributed by atoms with Gasteiger partial charge in [-0.3, -0.25) is 4.90 Å². The smallest absolute Gasteiger partial charge is 0.383 e. The van der Waals surface area contributed by atoms with Crippen LogP contribution in [0.5, 0.6) is 0 Å². The molecule has 0 bridgehead atoms. The zero-order valence-electron chi connectivity index (χ0n) is 15.0. The van der Waals surface area contributed by atoms with Crippen molar-refractivity contribution in [3.63, 3.8) is 0 Å². The number of carbonyl (C=O) groups is 1. The molecule has 0 aliphatic carbocycles. The summed E-state index contributed by atoms with van der Waals surface area (Å²) in [5.74, 6) is 0.0438. The Kier molecular flexibility index (Phi) is 7.71. The number of likely N-dealkylation sites (tertiary alicyclic amines) is 1. The summed E-state index contributed by atoms with van der Waals surface area (Å²) < 4.78 is 42.4. The molecule has 5 nitrogen and oxygen atoms in total. The monoisotopic (exact) mass is 373 g/mol. The van der Waals surface area contributed by atoms with Crippen LogP contribution in [-0.4, -0.2) is 68.4 Å². The fourth-order valence-electron chi connectivity index (χ4n) is 3.08. The molecule has 1 atom stereocenters. The molecule has 1 aliphatic heterocycles. The third-order valence-electron chi connectivity index (χ3n) is 4.38. The topological polar surface area (TPSA) is 44.8 Å². The lowest BCUT2D eigenvalue weighted by molar-refractivity contribution is -0.143. The van der Waals surface area contributed by atoms with Crippen LogP contribution >= 0.6 is 0 Å². The predicted octanol–water partition coefficient (Wildman–Crippen LogP) is 2.73. The highest BCUT2D eigenvalue weighted by Crippen LogP contribution is 2.22. The number of ether oxygens (including phenoxy) is 1. The maximum absolute atomic E-state index is 12.5. The molecule has 1 saturated heterocycles. The number of carbonyl (C=O) groups excluding carboxylic acids is 1. The summed E-state index contributed by atoms with van der Waals surface area (Å²) in [6.07, 6.45) is -3.52. The van der Waals surface area contributed by atoms with Gasteiger partial charge in [-0.05, 0) is 24.4 Å². The fourth-order valence-corrected chi connectivity index (χ4v) is 3.08.